The zero-order valence-corrected chi connectivity index (χ0v) is 10.1. The van der Waals surface area contributed by atoms with Crippen LogP contribution in [0.4, 0.5) is 8.78 Å². The van der Waals surface area contributed by atoms with Gasteiger partial charge in [-0.05, 0) is 24.0 Å². The third-order valence-electron chi connectivity index (χ3n) is 3.17. The van der Waals surface area contributed by atoms with Gasteiger partial charge in [0, 0.05) is 12.5 Å². The highest BCUT2D eigenvalue weighted by atomic mass is 19.1. The Balaban J connectivity index is 2.97. The molecule has 1 aromatic rings. The van der Waals surface area contributed by atoms with Gasteiger partial charge in [-0.2, -0.15) is 0 Å². The van der Waals surface area contributed by atoms with Crippen molar-refractivity contribution in [2.24, 2.45) is 5.41 Å². The smallest absolute Gasteiger partial charge is 0.129 e. The van der Waals surface area contributed by atoms with E-state index in [1.54, 1.807) is 6.92 Å². The van der Waals surface area contributed by atoms with Crippen LogP contribution in [0, 0.1) is 17.0 Å². The molecule has 0 spiro atoms. The predicted octanol–water partition coefficient (Wildman–Crippen LogP) is 3.30. The van der Waals surface area contributed by atoms with Crippen molar-refractivity contribution in [2.75, 3.05) is 0 Å². The van der Waals surface area contributed by atoms with Crippen molar-refractivity contribution >= 4 is 0 Å². The van der Waals surface area contributed by atoms with Crippen molar-refractivity contribution in [1.29, 1.82) is 0 Å². The maximum atomic E-state index is 13.4. The molecule has 1 unspecified atom stereocenters. The Morgan fingerprint density at radius 2 is 1.69 bits per heavy atom. The second-order valence-corrected chi connectivity index (χ2v) is 5.44. The summed E-state index contributed by atoms with van der Waals surface area (Å²) in [4.78, 5) is 0. The van der Waals surface area contributed by atoms with Gasteiger partial charge >= 0.3 is 0 Å². The summed E-state index contributed by atoms with van der Waals surface area (Å²) in [5.74, 6) is -1.21. The summed E-state index contributed by atoms with van der Waals surface area (Å²) >= 11 is 0. The lowest BCUT2D eigenvalue weighted by Gasteiger charge is -2.37. The average molecular weight is 228 g/mol. The largest absolute Gasteiger partial charge is 0.389 e. The predicted molar refractivity (Wildman–Crippen MR) is 60.1 cm³/mol. The monoisotopic (exact) mass is 228 g/mol. The molecule has 16 heavy (non-hydrogen) atoms. The van der Waals surface area contributed by atoms with E-state index in [-0.39, 0.29) is 11.8 Å². The van der Waals surface area contributed by atoms with E-state index in [2.05, 4.69) is 0 Å². The number of aliphatic hydroxyl groups is 1. The maximum absolute atomic E-state index is 13.4. The first kappa shape index (κ1) is 13.1. The molecule has 0 aliphatic heterocycles. The highest BCUT2D eigenvalue weighted by molar-refractivity contribution is 5.21. The quantitative estimate of drug-likeness (QED) is 0.823. The van der Waals surface area contributed by atoms with Crippen LogP contribution in [0.5, 0.6) is 0 Å². The minimum Gasteiger partial charge on any atom is -0.389 e. The molecular weight excluding hydrogens is 210 g/mol. The summed E-state index contributed by atoms with van der Waals surface area (Å²) in [6.45, 7) is 7.31. The van der Waals surface area contributed by atoms with Crippen LogP contribution >= 0.6 is 0 Å². The molecule has 0 aliphatic carbocycles. The highest BCUT2D eigenvalue weighted by Gasteiger charge is 2.35. The van der Waals surface area contributed by atoms with Crippen LogP contribution in [0.25, 0.3) is 0 Å². The Morgan fingerprint density at radius 3 is 2.12 bits per heavy atom. The fraction of sp³-hybridized carbons (Fsp3) is 0.538. The number of rotatable bonds is 2. The summed E-state index contributed by atoms with van der Waals surface area (Å²) in [7, 11) is 0. The number of hydrogen-bond acceptors (Lipinski definition) is 1. The second-order valence-electron chi connectivity index (χ2n) is 5.44. The van der Waals surface area contributed by atoms with E-state index in [4.69, 9.17) is 0 Å². The molecule has 0 bridgehead atoms. The number of hydrogen-bond donors (Lipinski definition) is 1. The molecule has 0 saturated carbocycles. The first-order valence-corrected chi connectivity index (χ1v) is 5.30. The molecule has 0 aromatic heterocycles. The lowest BCUT2D eigenvalue weighted by Crippen LogP contribution is -2.41. The van der Waals surface area contributed by atoms with Gasteiger partial charge in [-0.15, -0.1) is 0 Å². The van der Waals surface area contributed by atoms with E-state index in [1.165, 1.54) is 12.1 Å². The van der Waals surface area contributed by atoms with Crippen molar-refractivity contribution in [1.82, 2.24) is 0 Å². The Bertz CT molecular complexity index is 378. The summed E-state index contributed by atoms with van der Waals surface area (Å²) in [6.07, 6.45) is 0.169. The minimum absolute atomic E-state index is 0.169. The van der Waals surface area contributed by atoms with Gasteiger partial charge in [0.25, 0.3) is 0 Å². The molecule has 0 fully saturated rings. The lowest BCUT2D eigenvalue weighted by atomic mass is 9.74. The Labute approximate surface area is 95.1 Å². The van der Waals surface area contributed by atoms with Crippen molar-refractivity contribution in [3.05, 3.63) is 35.4 Å². The SMILES string of the molecule is CC(C)(C)C(C)(O)Cc1ccc(F)cc1F. The number of benzene rings is 1. The van der Waals surface area contributed by atoms with Gasteiger partial charge in [0.1, 0.15) is 11.6 Å². The van der Waals surface area contributed by atoms with Crippen LogP contribution < -0.4 is 0 Å². The van der Waals surface area contributed by atoms with Crippen molar-refractivity contribution in [3.63, 3.8) is 0 Å². The van der Waals surface area contributed by atoms with Gasteiger partial charge in [0.15, 0.2) is 0 Å². The van der Waals surface area contributed by atoms with E-state index in [9.17, 15) is 13.9 Å². The summed E-state index contributed by atoms with van der Waals surface area (Å²) < 4.78 is 26.1. The van der Waals surface area contributed by atoms with Crippen LogP contribution in [0.2, 0.25) is 0 Å². The third-order valence-corrected chi connectivity index (χ3v) is 3.17. The van der Waals surface area contributed by atoms with Crippen molar-refractivity contribution in [3.8, 4) is 0 Å². The first-order valence-electron chi connectivity index (χ1n) is 5.30. The topological polar surface area (TPSA) is 20.2 Å². The molecule has 0 saturated heterocycles. The van der Waals surface area contributed by atoms with E-state index >= 15 is 0 Å². The van der Waals surface area contributed by atoms with Gasteiger partial charge < -0.3 is 5.11 Å². The normalized spacial score (nSPS) is 15.9. The van der Waals surface area contributed by atoms with Crippen LogP contribution in [-0.4, -0.2) is 10.7 Å². The van der Waals surface area contributed by atoms with E-state index in [1.807, 2.05) is 20.8 Å². The summed E-state index contributed by atoms with van der Waals surface area (Å²) in [6, 6.07) is 3.43. The molecule has 0 radical (unpaired) electrons. The molecule has 3 heteroatoms. The average Bonchev–Trinajstić information content (AvgIpc) is 2.08. The maximum Gasteiger partial charge on any atom is 0.129 e. The highest BCUT2D eigenvalue weighted by Crippen LogP contribution is 2.33. The second kappa shape index (κ2) is 4.13. The molecule has 0 aliphatic rings. The molecule has 0 heterocycles. The van der Waals surface area contributed by atoms with Gasteiger partial charge in [-0.25, -0.2) is 8.78 Å². The molecule has 1 aromatic carbocycles. The van der Waals surface area contributed by atoms with Crippen molar-refractivity contribution < 1.29 is 13.9 Å². The molecular formula is C13H18F2O. The molecule has 1 atom stereocenters. The van der Waals surface area contributed by atoms with Crippen LogP contribution in [0.3, 0.4) is 0 Å². The van der Waals surface area contributed by atoms with E-state index < -0.39 is 17.2 Å². The molecule has 90 valence electrons. The lowest BCUT2D eigenvalue weighted by molar-refractivity contribution is -0.0411. The van der Waals surface area contributed by atoms with E-state index in [0.717, 1.165) is 6.07 Å². The minimum atomic E-state index is -1.04. The Kier molecular flexibility index (Phi) is 3.38. The molecule has 0 amide bonds. The van der Waals surface area contributed by atoms with Gasteiger partial charge in [-0.3, -0.25) is 0 Å². The van der Waals surface area contributed by atoms with Gasteiger partial charge in [-0.1, -0.05) is 26.8 Å². The van der Waals surface area contributed by atoms with Crippen LogP contribution in [0.15, 0.2) is 18.2 Å². The fourth-order valence-electron chi connectivity index (χ4n) is 1.30. The molecule has 1 nitrogen and oxygen atoms in total. The summed E-state index contributed by atoms with van der Waals surface area (Å²) in [5.41, 5.74) is -1.07. The van der Waals surface area contributed by atoms with E-state index in [0.29, 0.717) is 5.56 Å². The van der Waals surface area contributed by atoms with Crippen LogP contribution in [-0.2, 0) is 6.42 Å². The standard InChI is InChI=1S/C13H18F2O/c1-12(2,3)13(4,16)8-9-5-6-10(14)7-11(9)15/h5-7,16H,8H2,1-4H3. The first-order chi connectivity index (χ1) is 7.13. The zero-order valence-electron chi connectivity index (χ0n) is 10.1. The summed E-state index contributed by atoms with van der Waals surface area (Å²) in [5, 5.41) is 10.2. The molecule has 1 rings (SSSR count). The Hall–Kier alpha value is -0.960. The van der Waals surface area contributed by atoms with Crippen LogP contribution in [0.1, 0.15) is 33.3 Å². The number of halogens is 2. The fourth-order valence-corrected chi connectivity index (χ4v) is 1.30. The van der Waals surface area contributed by atoms with Crippen molar-refractivity contribution in [2.45, 2.75) is 39.7 Å². The molecule has 1 N–H and O–H groups in total. The van der Waals surface area contributed by atoms with Gasteiger partial charge in [0.05, 0.1) is 5.60 Å². The third kappa shape index (κ3) is 2.79. The van der Waals surface area contributed by atoms with Gasteiger partial charge in [0.2, 0.25) is 0 Å². The zero-order chi connectivity index (χ0) is 12.6. The Morgan fingerprint density at radius 1 is 1.12 bits per heavy atom.